The third-order valence-electron chi connectivity index (χ3n) is 4.64. The summed E-state index contributed by atoms with van der Waals surface area (Å²) in [5.74, 6) is 1.03. The zero-order valence-corrected chi connectivity index (χ0v) is 12.8. The Kier molecular flexibility index (Phi) is 3.33. The first kappa shape index (κ1) is 14.3. The maximum atomic E-state index is 12.7. The van der Waals surface area contributed by atoms with E-state index in [0.717, 1.165) is 12.8 Å². The Hall–Kier alpha value is -2.35. The Labute approximate surface area is 132 Å². The van der Waals surface area contributed by atoms with Gasteiger partial charge in [0.25, 0.3) is 5.91 Å². The van der Waals surface area contributed by atoms with Crippen molar-refractivity contribution >= 4 is 5.91 Å². The molecule has 0 aliphatic carbocycles. The van der Waals surface area contributed by atoms with Crippen LogP contribution in [0.3, 0.4) is 0 Å². The van der Waals surface area contributed by atoms with E-state index < -0.39 is 5.41 Å². The summed E-state index contributed by atoms with van der Waals surface area (Å²) in [5.41, 5.74) is -0.0704. The number of piperidine rings is 1. The molecule has 4 rings (SSSR count). The first-order valence-corrected chi connectivity index (χ1v) is 7.67. The quantitative estimate of drug-likeness (QED) is 0.806. The number of hydrogen-bond donors (Lipinski definition) is 0. The fourth-order valence-electron chi connectivity index (χ4n) is 3.49. The summed E-state index contributed by atoms with van der Waals surface area (Å²) >= 11 is 0. The first-order valence-electron chi connectivity index (χ1n) is 7.67. The number of nitrogens with zero attached hydrogens (tertiary/aromatic N) is 5. The second-order valence-corrected chi connectivity index (χ2v) is 6.02. The molecule has 0 spiro atoms. The number of amides is 1. The van der Waals surface area contributed by atoms with Crippen molar-refractivity contribution in [1.29, 1.82) is 0 Å². The second kappa shape index (κ2) is 5.38. The summed E-state index contributed by atoms with van der Waals surface area (Å²) in [6.45, 7) is 3.54. The lowest BCUT2D eigenvalue weighted by molar-refractivity contribution is 0.00800. The van der Waals surface area contributed by atoms with Crippen molar-refractivity contribution in [2.24, 2.45) is 0 Å². The fraction of sp³-hybridized carbons (Fsp3) is 0.533. The minimum Gasteiger partial charge on any atom is -0.377 e. The van der Waals surface area contributed by atoms with Gasteiger partial charge in [-0.3, -0.25) is 9.78 Å². The van der Waals surface area contributed by atoms with Gasteiger partial charge in [-0.05, 0) is 19.8 Å². The summed E-state index contributed by atoms with van der Waals surface area (Å²) < 4.78 is 11.3. The third-order valence-corrected chi connectivity index (χ3v) is 4.64. The highest BCUT2D eigenvalue weighted by Gasteiger charge is 2.53. The molecule has 2 aliphatic heterocycles. The maximum Gasteiger partial charge on any atom is 0.274 e. The molecule has 4 heterocycles. The number of aromatic nitrogens is 4. The van der Waals surface area contributed by atoms with Gasteiger partial charge in [-0.2, -0.15) is 4.98 Å². The minimum absolute atomic E-state index is 0.00765. The molecule has 0 N–H and O–H groups in total. The van der Waals surface area contributed by atoms with Crippen molar-refractivity contribution < 1.29 is 14.1 Å². The summed E-state index contributed by atoms with van der Waals surface area (Å²) in [6.07, 6.45) is 6.08. The Morgan fingerprint density at radius 2 is 2.35 bits per heavy atom. The van der Waals surface area contributed by atoms with Crippen LogP contribution in [0.1, 0.15) is 35.0 Å². The first-order chi connectivity index (χ1) is 11.2. The van der Waals surface area contributed by atoms with Gasteiger partial charge >= 0.3 is 0 Å². The van der Waals surface area contributed by atoms with Crippen LogP contribution in [-0.2, 0) is 10.2 Å². The lowest BCUT2D eigenvalue weighted by atomic mass is 9.76. The number of likely N-dealkylation sites (tertiary alicyclic amines) is 1. The van der Waals surface area contributed by atoms with Crippen molar-refractivity contribution in [1.82, 2.24) is 25.0 Å². The molecule has 2 fully saturated rings. The lowest BCUT2D eigenvalue weighted by Gasteiger charge is -2.41. The van der Waals surface area contributed by atoms with Gasteiger partial charge in [0, 0.05) is 32.1 Å². The van der Waals surface area contributed by atoms with Crippen molar-refractivity contribution in [3.8, 4) is 0 Å². The van der Waals surface area contributed by atoms with Crippen LogP contribution < -0.4 is 0 Å². The van der Waals surface area contributed by atoms with Crippen molar-refractivity contribution in [3.63, 3.8) is 0 Å². The number of aryl methyl sites for hydroxylation is 1. The van der Waals surface area contributed by atoms with E-state index in [1.54, 1.807) is 18.0 Å². The van der Waals surface area contributed by atoms with E-state index in [0.29, 0.717) is 37.1 Å². The van der Waals surface area contributed by atoms with Crippen LogP contribution in [-0.4, -0.2) is 56.7 Å². The molecule has 0 aromatic carbocycles. The van der Waals surface area contributed by atoms with E-state index in [1.165, 1.54) is 12.4 Å². The number of ether oxygens (including phenoxy) is 1. The van der Waals surface area contributed by atoms with E-state index in [9.17, 15) is 4.79 Å². The largest absolute Gasteiger partial charge is 0.377 e. The Balaban J connectivity index is 1.65. The fourth-order valence-corrected chi connectivity index (χ4v) is 3.49. The van der Waals surface area contributed by atoms with Crippen molar-refractivity contribution in [3.05, 3.63) is 36.0 Å². The average Bonchev–Trinajstić information content (AvgIpc) is 3.21. The van der Waals surface area contributed by atoms with Crippen LogP contribution in [0, 0.1) is 6.92 Å². The van der Waals surface area contributed by atoms with Gasteiger partial charge < -0.3 is 14.2 Å². The van der Waals surface area contributed by atoms with Crippen LogP contribution in [0.2, 0.25) is 0 Å². The molecule has 1 amide bonds. The number of carbonyl (C=O) groups excluding carboxylic acids is 1. The van der Waals surface area contributed by atoms with Crippen molar-refractivity contribution in [2.75, 3.05) is 19.7 Å². The number of carbonyl (C=O) groups is 1. The molecule has 8 nitrogen and oxygen atoms in total. The summed E-state index contributed by atoms with van der Waals surface area (Å²) in [4.78, 5) is 27.0. The standard InChI is InChI=1S/C15H17N5O3/c1-10-18-14(23-19-10)15-3-7-22-12(15)2-6-20(9-15)13(21)11-8-16-4-5-17-11/h4-5,8,12H,2-3,6-7,9H2,1H3/t12-,15-/m0/s1. The van der Waals surface area contributed by atoms with Gasteiger partial charge in [0.2, 0.25) is 5.89 Å². The highest BCUT2D eigenvalue weighted by Crippen LogP contribution is 2.42. The molecule has 2 aliphatic rings. The number of rotatable bonds is 2. The molecule has 2 aromatic rings. The van der Waals surface area contributed by atoms with Gasteiger partial charge in [-0.15, -0.1) is 0 Å². The van der Waals surface area contributed by atoms with Gasteiger partial charge in [-0.1, -0.05) is 5.16 Å². The van der Waals surface area contributed by atoms with Crippen LogP contribution in [0.5, 0.6) is 0 Å². The van der Waals surface area contributed by atoms with Gasteiger partial charge in [0.15, 0.2) is 5.82 Å². The molecule has 8 heteroatoms. The molecular weight excluding hydrogens is 298 g/mol. The molecular formula is C15H17N5O3. The van der Waals surface area contributed by atoms with E-state index in [-0.39, 0.29) is 12.0 Å². The summed E-state index contributed by atoms with van der Waals surface area (Å²) in [5, 5.41) is 3.91. The van der Waals surface area contributed by atoms with Gasteiger partial charge in [-0.25, -0.2) is 4.98 Å². The number of fused-ring (bicyclic) bond motifs is 1. The minimum atomic E-state index is -0.419. The average molecular weight is 315 g/mol. The van der Waals surface area contributed by atoms with Crippen molar-refractivity contribution in [2.45, 2.75) is 31.3 Å². The smallest absolute Gasteiger partial charge is 0.274 e. The Morgan fingerprint density at radius 1 is 1.43 bits per heavy atom. The highest BCUT2D eigenvalue weighted by atomic mass is 16.5. The van der Waals surface area contributed by atoms with Crippen LogP contribution in [0.25, 0.3) is 0 Å². The molecule has 2 atom stereocenters. The molecule has 2 aromatic heterocycles. The van der Waals surface area contributed by atoms with E-state index >= 15 is 0 Å². The topological polar surface area (TPSA) is 94.2 Å². The molecule has 0 unspecified atom stereocenters. The summed E-state index contributed by atoms with van der Waals surface area (Å²) in [7, 11) is 0. The van der Waals surface area contributed by atoms with Crippen LogP contribution in [0.4, 0.5) is 0 Å². The van der Waals surface area contributed by atoms with Crippen LogP contribution >= 0.6 is 0 Å². The zero-order valence-electron chi connectivity index (χ0n) is 12.8. The molecule has 0 radical (unpaired) electrons. The number of hydrogen-bond acceptors (Lipinski definition) is 7. The van der Waals surface area contributed by atoms with E-state index in [1.807, 2.05) is 0 Å². The SMILES string of the molecule is Cc1noc([C@]23CCO[C@H]2CCN(C(=O)c2cnccn2)C3)n1. The van der Waals surface area contributed by atoms with E-state index in [2.05, 4.69) is 20.1 Å². The lowest BCUT2D eigenvalue weighted by Crippen LogP contribution is -2.54. The molecule has 2 saturated heterocycles. The predicted molar refractivity (Wildman–Crippen MR) is 77.6 cm³/mol. The Bertz CT molecular complexity index is 719. The second-order valence-electron chi connectivity index (χ2n) is 6.02. The van der Waals surface area contributed by atoms with E-state index in [4.69, 9.17) is 9.26 Å². The predicted octanol–water partition coefficient (Wildman–Crippen LogP) is 0.741. The molecule has 23 heavy (non-hydrogen) atoms. The molecule has 120 valence electrons. The van der Waals surface area contributed by atoms with Gasteiger partial charge in [0.05, 0.1) is 17.7 Å². The van der Waals surface area contributed by atoms with Crippen LogP contribution in [0.15, 0.2) is 23.1 Å². The summed E-state index contributed by atoms with van der Waals surface area (Å²) in [6, 6.07) is 0. The molecule has 0 bridgehead atoms. The third kappa shape index (κ3) is 2.29. The Morgan fingerprint density at radius 3 is 3.09 bits per heavy atom. The highest BCUT2D eigenvalue weighted by molar-refractivity contribution is 5.92. The maximum absolute atomic E-state index is 12.7. The van der Waals surface area contributed by atoms with Gasteiger partial charge in [0.1, 0.15) is 5.69 Å². The zero-order chi connectivity index (χ0) is 15.9. The molecule has 0 saturated carbocycles. The monoisotopic (exact) mass is 315 g/mol. The normalized spacial score (nSPS) is 27.0.